The molecule has 2 aromatic carbocycles. The van der Waals surface area contributed by atoms with Crippen LogP contribution in [0.4, 0.5) is 22.0 Å². The van der Waals surface area contributed by atoms with Gasteiger partial charge in [0, 0.05) is 6.42 Å². The molecule has 0 N–H and O–H groups in total. The average Bonchev–Trinajstić information content (AvgIpc) is 2.65. The van der Waals surface area contributed by atoms with Gasteiger partial charge in [-0.2, -0.15) is 22.0 Å². The molecule has 0 saturated heterocycles. The van der Waals surface area contributed by atoms with Gasteiger partial charge in [-0.05, 0) is 47.9 Å². The van der Waals surface area contributed by atoms with E-state index in [0.29, 0.717) is 19.4 Å². The molecule has 2 rings (SSSR count). The highest BCUT2D eigenvalue weighted by Crippen LogP contribution is 2.39. The maximum Gasteiger partial charge on any atom is 0.453 e. The van der Waals surface area contributed by atoms with Crippen LogP contribution in [0.5, 0.6) is 11.5 Å². The molecule has 0 aliphatic carbocycles. The van der Waals surface area contributed by atoms with Gasteiger partial charge in [-0.1, -0.05) is 37.8 Å². The van der Waals surface area contributed by atoms with Crippen LogP contribution in [0.25, 0.3) is 10.8 Å². The zero-order valence-corrected chi connectivity index (χ0v) is 15.8. The summed E-state index contributed by atoms with van der Waals surface area (Å²) in [5.41, 5.74) is 0. The minimum Gasteiger partial charge on any atom is -0.497 e. The third kappa shape index (κ3) is 6.53. The Bertz CT molecular complexity index is 743. The third-order valence-electron chi connectivity index (χ3n) is 4.59. The molecule has 0 heterocycles. The molecular formula is C21H25F5O2. The van der Waals surface area contributed by atoms with E-state index in [4.69, 9.17) is 9.47 Å². The number of hydrogen-bond acceptors (Lipinski definition) is 2. The van der Waals surface area contributed by atoms with Crippen molar-refractivity contribution in [2.24, 2.45) is 0 Å². The van der Waals surface area contributed by atoms with Gasteiger partial charge in [0.05, 0.1) is 13.7 Å². The maximum atomic E-state index is 12.8. The van der Waals surface area contributed by atoms with Gasteiger partial charge in [0.2, 0.25) is 0 Å². The van der Waals surface area contributed by atoms with Crippen molar-refractivity contribution in [2.45, 2.75) is 57.0 Å². The summed E-state index contributed by atoms with van der Waals surface area (Å²) in [6.07, 6.45) is -3.23. The highest BCUT2D eigenvalue weighted by molar-refractivity contribution is 5.85. The second kappa shape index (κ2) is 9.94. The van der Waals surface area contributed by atoms with E-state index < -0.39 is 18.5 Å². The summed E-state index contributed by atoms with van der Waals surface area (Å²) in [6.45, 7) is 0.536. The molecular weight excluding hydrogens is 379 g/mol. The Morgan fingerprint density at radius 1 is 0.714 bits per heavy atom. The summed E-state index contributed by atoms with van der Waals surface area (Å²) < 4.78 is 72.5. The SMILES string of the molecule is COc1ccc2cc(OCCCCCCCCC(F)(F)C(F)(F)F)ccc2c1. The monoisotopic (exact) mass is 404 g/mol. The van der Waals surface area contributed by atoms with Crippen molar-refractivity contribution in [3.63, 3.8) is 0 Å². The molecule has 0 aliphatic heterocycles. The smallest absolute Gasteiger partial charge is 0.453 e. The van der Waals surface area contributed by atoms with Crippen molar-refractivity contribution in [1.29, 1.82) is 0 Å². The predicted octanol–water partition coefficient (Wildman–Crippen LogP) is 7.16. The number of fused-ring (bicyclic) bond motifs is 1. The standard InChI is InChI=1S/C21H25F5O2/c1-27-18-10-8-17-15-19(11-9-16(17)14-18)28-13-7-5-3-2-4-6-12-20(22,23)21(24,25)26/h8-11,14-15H,2-7,12-13H2,1H3. The summed E-state index contributed by atoms with van der Waals surface area (Å²) in [6, 6.07) is 11.6. The zero-order chi connectivity index (χ0) is 20.6. The van der Waals surface area contributed by atoms with Gasteiger partial charge < -0.3 is 9.47 Å². The highest BCUT2D eigenvalue weighted by atomic mass is 19.4. The van der Waals surface area contributed by atoms with Gasteiger partial charge in [0.1, 0.15) is 11.5 Å². The van der Waals surface area contributed by atoms with E-state index in [-0.39, 0.29) is 6.42 Å². The molecule has 0 amide bonds. The molecule has 0 fully saturated rings. The van der Waals surface area contributed by atoms with E-state index in [1.165, 1.54) is 0 Å². The van der Waals surface area contributed by atoms with E-state index in [9.17, 15) is 22.0 Å². The predicted molar refractivity (Wildman–Crippen MR) is 99.3 cm³/mol. The summed E-state index contributed by atoms with van der Waals surface area (Å²) in [5, 5.41) is 2.11. The number of benzene rings is 2. The minimum atomic E-state index is -5.45. The van der Waals surface area contributed by atoms with Crippen LogP contribution in [0.2, 0.25) is 0 Å². The van der Waals surface area contributed by atoms with Crippen LogP contribution in [-0.4, -0.2) is 25.8 Å². The minimum absolute atomic E-state index is 0.120. The Hall–Kier alpha value is -2.05. The molecule has 28 heavy (non-hydrogen) atoms. The first-order valence-electron chi connectivity index (χ1n) is 9.38. The maximum absolute atomic E-state index is 12.8. The quantitative estimate of drug-likeness (QED) is 0.292. The summed E-state index contributed by atoms with van der Waals surface area (Å²) in [4.78, 5) is 0. The van der Waals surface area contributed by atoms with Crippen molar-refractivity contribution < 1.29 is 31.4 Å². The fourth-order valence-electron chi connectivity index (χ4n) is 2.91. The molecule has 0 radical (unpaired) electrons. The molecule has 0 aliphatic rings. The Kier molecular flexibility index (Phi) is 7.89. The molecule has 0 saturated carbocycles. The molecule has 156 valence electrons. The van der Waals surface area contributed by atoms with E-state index in [2.05, 4.69) is 0 Å². The Balaban J connectivity index is 1.59. The molecule has 0 spiro atoms. The average molecular weight is 404 g/mol. The Labute approximate surface area is 161 Å². The second-order valence-corrected chi connectivity index (χ2v) is 6.80. The fraction of sp³-hybridized carbons (Fsp3) is 0.524. The van der Waals surface area contributed by atoms with Gasteiger partial charge in [-0.3, -0.25) is 0 Å². The molecule has 2 nitrogen and oxygen atoms in total. The first-order chi connectivity index (χ1) is 13.2. The second-order valence-electron chi connectivity index (χ2n) is 6.80. The molecule has 0 bridgehead atoms. The topological polar surface area (TPSA) is 18.5 Å². The van der Waals surface area contributed by atoms with E-state index >= 15 is 0 Å². The molecule has 0 aromatic heterocycles. The lowest BCUT2D eigenvalue weighted by molar-refractivity contribution is -0.284. The molecule has 2 aromatic rings. The van der Waals surface area contributed by atoms with Crippen molar-refractivity contribution in [2.75, 3.05) is 13.7 Å². The molecule has 0 atom stereocenters. The van der Waals surface area contributed by atoms with Gasteiger partial charge in [0.15, 0.2) is 0 Å². The van der Waals surface area contributed by atoms with Crippen LogP contribution in [0.3, 0.4) is 0 Å². The summed E-state index contributed by atoms with van der Waals surface area (Å²) >= 11 is 0. The first-order valence-corrected chi connectivity index (χ1v) is 9.38. The van der Waals surface area contributed by atoms with Crippen LogP contribution in [0.1, 0.15) is 44.9 Å². The number of rotatable bonds is 11. The van der Waals surface area contributed by atoms with Crippen LogP contribution >= 0.6 is 0 Å². The van der Waals surface area contributed by atoms with Gasteiger partial charge in [-0.25, -0.2) is 0 Å². The largest absolute Gasteiger partial charge is 0.497 e. The molecule has 0 unspecified atom stereocenters. The Morgan fingerprint density at radius 2 is 1.25 bits per heavy atom. The summed E-state index contributed by atoms with van der Waals surface area (Å²) in [5.74, 6) is -3.01. The van der Waals surface area contributed by atoms with E-state index in [0.717, 1.165) is 41.5 Å². The first kappa shape index (κ1) is 22.2. The number of methoxy groups -OCH3 is 1. The van der Waals surface area contributed by atoms with Crippen molar-refractivity contribution >= 4 is 10.8 Å². The fourth-order valence-corrected chi connectivity index (χ4v) is 2.91. The Morgan fingerprint density at radius 3 is 1.86 bits per heavy atom. The third-order valence-corrected chi connectivity index (χ3v) is 4.59. The molecule has 7 heteroatoms. The van der Waals surface area contributed by atoms with Gasteiger partial charge >= 0.3 is 12.1 Å². The van der Waals surface area contributed by atoms with Crippen molar-refractivity contribution in [3.05, 3.63) is 36.4 Å². The van der Waals surface area contributed by atoms with Crippen LogP contribution in [0.15, 0.2) is 36.4 Å². The van der Waals surface area contributed by atoms with Crippen molar-refractivity contribution in [1.82, 2.24) is 0 Å². The lowest BCUT2D eigenvalue weighted by atomic mass is 10.1. The van der Waals surface area contributed by atoms with Crippen LogP contribution in [-0.2, 0) is 0 Å². The normalized spacial score (nSPS) is 12.4. The van der Waals surface area contributed by atoms with E-state index in [1.54, 1.807) is 7.11 Å². The zero-order valence-electron chi connectivity index (χ0n) is 15.8. The van der Waals surface area contributed by atoms with Gasteiger partial charge in [-0.15, -0.1) is 0 Å². The summed E-state index contributed by atoms with van der Waals surface area (Å²) in [7, 11) is 1.62. The number of hydrogen-bond donors (Lipinski definition) is 0. The lowest BCUT2D eigenvalue weighted by Gasteiger charge is -2.19. The number of ether oxygens (including phenoxy) is 2. The number of alkyl halides is 5. The number of unbranched alkanes of at least 4 members (excludes halogenated alkanes) is 5. The number of halogens is 5. The van der Waals surface area contributed by atoms with Gasteiger partial charge in [0.25, 0.3) is 0 Å². The lowest BCUT2D eigenvalue weighted by Crippen LogP contribution is -2.36. The van der Waals surface area contributed by atoms with Crippen molar-refractivity contribution in [3.8, 4) is 11.5 Å². The van der Waals surface area contributed by atoms with E-state index in [1.807, 2.05) is 36.4 Å². The highest BCUT2D eigenvalue weighted by Gasteiger charge is 2.56. The van der Waals surface area contributed by atoms with Crippen LogP contribution in [0, 0.1) is 0 Å². The van der Waals surface area contributed by atoms with Crippen LogP contribution < -0.4 is 9.47 Å².